The lowest BCUT2D eigenvalue weighted by Gasteiger charge is -2.19. The fourth-order valence-electron chi connectivity index (χ4n) is 2.17. The average molecular weight is 321 g/mol. The number of aromatic nitrogens is 5. The third-order valence-corrected chi connectivity index (χ3v) is 3.38. The van der Waals surface area contributed by atoms with Gasteiger partial charge in [-0.2, -0.15) is 10.1 Å². The molecule has 23 heavy (non-hydrogen) atoms. The molecule has 2 heterocycles. The lowest BCUT2D eigenvalue weighted by molar-refractivity contribution is 0.195. The predicted molar refractivity (Wildman–Crippen MR) is 82.4 cm³/mol. The molecule has 2 rings (SSSR count). The number of nitrogens with one attached hydrogen (secondary N) is 1. The van der Waals surface area contributed by atoms with Crippen molar-refractivity contribution in [1.29, 1.82) is 0 Å². The molecule has 0 saturated carbocycles. The summed E-state index contributed by atoms with van der Waals surface area (Å²) in [6, 6.07) is -0.482. The van der Waals surface area contributed by atoms with E-state index in [1.54, 1.807) is 11.7 Å². The van der Waals surface area contributed by atoms with Crippen molar-refractivity contribution in [2.75, 3.05) is 7.05 Å². The van der Waals surface area contributed by atoms with Gasteiger partial charge >= 0.3 is 6.03 Å². The van der Waals surface area contributed by atoms with Gasteiger partial charge in [-0.15, -0.1) is 0 Å². The molecule has 0 saturated heterocycles. The van der Waals surface area contributed by atoms with Gasteiger partial charge < -0.3 is 14.7 Å². The van der Waals surface area contributed by atoms with Crippen molar-refractivity contribution in [3.63, 3.8) is 0 Å². The van der Waals surface area contributed by atoms with Crippen LogP contribution in [0.25, 0.3) is 0 Å². The van der Waals surface area contributed by atoms with Crippen LogP contribution in [-0.2, 0) is 19.5 Å². The van der Waals surface area contributed by atoms with E-state index in [-0.39, 0.29) is 18.6 Å². The molecule has 9 heteroatoms. The van der Waals surface area contributed by atoms with Crippen LogP contribution in [0, 0.1) is 0 Å². The molecule has 0 spiro atoms. The van der Waals surface area contributed by atoms with E-state index < -0.39 is 0 Å². The maximum absolute atomic E-state index is 12.3. The second kappa shape index (κ2) is 7.70. The van der Waals surface area contributed by atoms with Gasteiger partial charge in [0, 0.05) is 20.0 Å². The van der Waals surface area contributed by atoms with Crippen LogP contribution in [0.15, 0.2) is 10.9 Å². The Morgan fingerprint density at radius 3 is 2.96 bits per heavy atom. The van der Waals surface area contributed by atoms with Crippen molar-refractivity contribution in [2.24, 2.45) is 0 Å². The highest BCUT2D eigenvalue weighted by Gasteiger charge is 2.19. The standard InChI is InChI=1S/C14H23N7O2/c1-5-7-11-18-12(23-19-11)8-20(4)14(22)17-10(3)13-15-9-16-21(13)6-2/h9-10H,5-8H2,1-4H3,(H,17,22)/t10-/m0/s1. The maximum atomic E-state index is 12.3. The molecule has 2 amide bonds. The third-order valence-electron chi connectivity index (χ3n) is 3.38. The molecule has 126 valence electrons. The summed E-state index contributed by atoms with van der Waals surface area (Å²) >= 11 is 0. The monoisotopic (exact) mass is 321 g/mol. The first-order valence-corrected chi connectivity index (χ1v) is 7.75. The van der Waals surface area contributed by atoms with E-state index in [9.17, 15) is 4.79 Å². The highest BCUT2D eigenvalue weighted by Crippen LogP contribution is 2.10. The van der Waals surface area contributed by atoms with Gasteiger partial charge in [-0.1, -0.05) is 12.1 Å². The van der Waals surface area contributed by atoms with E-state index in [1.165, 1.54) is 11.2 Å². The Bertz CT molecular complexity index is 637. The van der Waals surface area contributed by atoms with Gasteiger partial charge in [0.1, 0.15) is 18.7 Å². The molecule has 0 radical (unpaired) electrons. The normalized spacial score (nSPS) is 12.2. The number of urea groups is 1. The molecule has 0 aliphatic heterocycles. The molecule has 1 atom stereocenters. The molecule has 0 fully saturated rings. The number of carbonyl (C=O) groups excluding carboxylic acids is 1. The summed E-state index contributed by atoms with van der Waals surface area (Å²) in [5.41, 5.74) is 0. The minimum atomic E-state index is -0.245. The summed E-state index contributed by atoms with van der Waals surface area (Å²) in [6.07, 6.45) is 3.20. The highest BCUT2D eigenvalue weighted by atomic mass is 16.5. The van der Waals surface area contributed by atoms with Gasteiger partial charge in [-0.3, -0.25) is 0 Å². The summed E-state index contributed by atoms with van der Waals surface area (Å²) in [5, 5.41) is 10.9. The molecule has 0 unspecified atom stereocenters. The van der Waals surface area contributed by atoms with Gasteiger partial charge in [0.2, 0.25) is 5.89 Å². The van der Waals surface area contributed by atoms with Gasteiger partial charge in [-0.25, -0.2) is 14.5 Å². The Kier molecular flexibility index (Phi) is 5.67. The van der Waals surface area contributed by atoms with Crippen LogP contribution in [0.5, 0.6) is 0 Å². The number of aryl methyl sites for hydroxylation is 2. The minimum Gasteiger partial charge on any atom is -0.337 e. The summed E-state index contributed by atoms with van der Waals surface area (Å²) in [6.45, 7) is 6.85. The second-order valence-corrected chi connectivity index (χ2v) is 5.32. The zero-order valence-electron chi connectivity index (χ0n) is 14.0. The van der Waals surface area contributed by atoms with E-state index in [4.69, 9.17) is 4.52 Å². The van der Waals surface area contributed by atoms with E-state index in [1.807, 2.05) is 20.8 Å². The number of hydrogen-bond acceptors (Lipinski definition) is 6. The van der Waals surface area contributed by atoms with Gasteiger partial charge in [0.25, 0.3) is 0 Å². The summed E-state index contributed by atoms with van der Waals surface area (Å²) in [4.78, 5) is 22.2. The molecule has 0 aliphatic carbocycles. The zero-order valence-corrected chi connectivity index (χ0v) is 14.0. The molecular formula is C14H23N7O2. The maximum Gasteiger partial charge on any atom is 0.318 e. The van der Waals surface area contributed by atoms with Crippen molar-refractivity contribution in [3.05, 3.63) is 23.9 Å². The Balaban J connectivity index is 1.91. The van der Waals surface area contributed by atoms with Crippen molar-refractivity contribution >= 4 is 6.03 Å². The lowest BCUT2D eigenvalue weighted by Crippen LogP contribution is -2.39. The van der Waals surface area contributed by atoms with Crippen LogP contribution >= 0.6 is 0 Å². The number of hydrogen-bond donors (Lipinski definition) is 1. The first-order chi connectivity index (χ1) is 11.0. The van der Waals surface area contributed by atoms with Crippen LogP contribution < -0.4 is 5.32 Å². The Morgan fingerprint density at radius 2 is 2.26 bits per heavy atom. The topological polar surface area (TPSA) is 102 Å². The van der Waals surface area contributed by atoms with Crippen LogP contribution in [0.1, 0.15) is 50.8 Å². The zero-order chi connectivity index (χ0) is 16.8. The Labute approximate surface area is 135 Å². The highest BCUT2D eigenvalue weighted by molar-refractivity contribution is 5.74. The van der Waals surface area contributed by atoms with Gasteiger partial charge in [0.15, 0.2) is 5.82 Å². The van der Waals surface area contributed by atoms with E-state index in [0.29, 0.717) is 18.3 Å². The van der Waals surface area contributed by atoms with Crippen molar-refractivity contribution < 1.29 is 9.32 Å². The fourth-order valence-corrected chi connectivity index (χ4v) is 2.17. The average Bonchev–Trinajstić information content (AvgIpc) is 3.16. The summed E-state index contributed by atoms with van der Waals surface area (Å²) in [5.74, 6) is 1.81. The van der Waals surface area contributed by atoms with Crippen LogP contribution in [-0.4, -0.2) is 42.9 Å². The van der Waals surface area contributed by atoms with Crippen LogP contribution in [0.2, 0.25) is 0 Å². The quantitative estimate of drug-likeness (QED) is 0.830. The molecule has 0 aliphatic rings. The third kappa shape index (κ3) is 4.27. The number of amides is 2. The molecule has 9 nitrogen and oxygen atoms in total. The number of nitrogens with zero attached hydrogens (tertiary/aromatic N) is 6. The van der Waals surface area contributed by atoms with Crippen molar-refractivity contribution in [2.45, 2.75) is 52.7 Å². The number of carbonyl (C=O) groups is 1. The summed E-state index contributed by atoms with van der Waals surface area (Å²) < 4.78 is 6.89. The van der Waals surface area contributed by atoms with Crippen molar-refractivity contribution in [3.8, 4) is 0 Å². The first kappa shape index (κ1) is 16.9. The lowest BCUT2D eigenvalue weighted by atomic mass is 10.3. The van der Waals surface area contributed by atoms with E-state index in [2.05, 4.69) is 25.5 Å². The fraction of sp³-hybridized carbons (Fsp3) is 0.643. The van der Waals surface area contributed by atoms with Gasteiger partial charge in [0.05, 0.1) is 6.04 Å². The molecule has 2 aromatic rings. The summed E-state index contributed by atoms with van der Waals surface area (Å²) in [7, 11) is 1.68. The van der Waals surface area contributed by atoms with E-state index in [0.717, 1.165) is 18.7 Å². The van der Waals surface area contributed by atoms with E-state index >= 15 is 0 Å². The molecule has 0 bridgehead atoms. The Morgan fingerprint density at radius 1 is 1.48 bits per heavy atom. The van der Waals surface area contributed by atoms with Crippen LogP contribution in [0.3, 0.4) is 0 Å². The van der Waals surface area contributed by atoms with Gasteiger partial charge in [-0.05, 0) is 20.3 Å². The smallest absolute Gasteiger partial charge is 0.318 e. The second-order valence-electron chi connectivity index (χ2n) is 5.32. The molecule has 0 aromatic carbocycles. The minimum absolute atomic E-state index is 0.238. The molecule has 2 aromatic heterocycles. The SMILES string of the molecule is CCCc1noc(CN(C)C(=O)N[C@@H](C)c2ncnn2CC)n1. The first-order valence-electron chi connectivity index (χ1n) is 7.75. The number of rotatable bonds is 7. The predicted octanol–water partition coefficient (Wildman–Crippen LogP) is 1.54. The Hall–Kier alpha value is -2.45. The largest absolute Gasteiger partial charge is 0.337 e. The molecule has 1 N–H and O–H groups in total. The molecular weight excluding hydrogens is 298 g/mol. The van der Waals surface area contributed by atoms with Crippen LogP contribution in [0.4, 0.5) is 4.79 Å². The van der Waals surface area contributed by atoms with Crippen molar-refractivity contribution in [1.82, 2.24) is 35.1 Å².